The van der Waals surface area contributed by atoms with Crippen LogP contribution in [0.2, 0.25) is 0 Å². The Morgan fingerprint density at radius 2 is 2.12 bits per heavy atom. The minimum absolute atomic E-state index is 0.294. The average molecular weight is 340 g/mol. The third-order valence-electron chi connectivity index (χ3n) is 3.28. The first-order valence-corrected chi connectivity index (χ1v) is 8.17. The third-order valence-corrected chi connectivity index (χ3v) is 4.10. The third kappa shape index (κ3) is 3.88. The number of hydrogen-bond donors (Lipinski definition) is 2. The summed E-state index contributed by atoms with van der Waals surface area (Å²) in [5, 5.41) is 8.45. The van der Waals surface area contributed by atoms with Crippen LogP contribution in [-0.4, -0.2) is 23.1 Å². The molecule has 0 aliphatic carbocycles. The van der Waals surface area contributed by atoms with Crippen LogP contribution in [-0.2, 0) is 6.54 Å². The van der Waals surface area contributed by atoms with E-state index in [1.165, 1.54) is 0 Å². The maximum atomic E-state index is 12.1. The normalized spacial score (nSPS) is 10.2. The van der Waals surface area contributed by atoms with Crippen LogP contribution in [0.25, 0.3) is 10.6 Å². The highest BCUT2D eigenvalue weighted by Gasteiger charge is 2.07. The molecule has 0 aliphatic heterocycles. The lowest BCUT2D eigenvalue weighted by Gasteiger charge is -2.10. The molecule has 0 aliphatic rings. The molecule has 0 spiro atoms. The first-order chi connectivity index (χ1) is 11.8. The number of rotatable bonds is 5. The minimum Gasteiger partial charge on any atom is -0.481 e. The summed E-state index contributed by atoms with van der Waals surface area (Å²) in [7, 11) is 1.55. The van der Waals surface area contributed by atoms with Gasteiger partial charge in [-0.3, -0.25) is 0 Å². The number of benzene rings is 1. The number of urea groups is 1. The number of thiazole rings is 1. The molecule has 0 saturated heterocycles. The summed E-state index contributed by atoms with van der Waals surface area (Å²) in [4.78, 5) is 20.5. The highest BCUT2D eigenvalue weighted by atomic mass is 32.1. The van der Waals surface area contributed by atoms with E-state index < -0.39 is 0 Å². The van der Waals surface area contributed by atoms with Crippen molar-refractivity contribution in [1.82, 2.24) is 15.3 Å². The number of ether oxygens (including phenoxy) is 1. The predicted molar refractivity (Wildman–Crippen MR) is 94.2 cm³/mol. The fraction of sp³-hybridized carbons (Fsp3) is 0.118. The van der Waals surface area contributed by atoms with Gasteiger partial charge in [0.2, 0.25) is 5.88 Å². The molecule has 2 amide bonds. The molecule has 0 radical (unpaired) electrons. The Morgan fingerprint density at radius 1 is 1.21 bits per heavy atom. The second-order valence-corrected chi connectivity index (χ2v) is 5.79. The van der Waals surface area contributed by atoms with Gasteiger partial charge in [-0.15, -0.1) is 11.3 Å². The van der Waals surface area contributed by atoms with Crippen molar-refractivity contribution in [2.45, 2.75) is 6.54 Å². The molecule has 0 fully saturated rings. The highest BCUT2D eigenvalue weighted by Crippen LogP contribution is 2.24. The van der Waals surface area contributed by atoms with Gasteiger partial charge in [0, 0.05) is 41.1 Å². The smallest absolute Gasteiger partial charge is 0.319 e. The number of carbonyl (C=O) groups is 1. The van der Waals surface area contributed by atoms with Crippen molar-refractivity contribution < 1.29 is 9.53 Å². The SMILES string of the molecule is COc1ncccc1CNC(=O)Nc1cccc(-c2nccs2)c1. The Balaban J connectivity index is 1.62. The van der Waals surface area contributed by atoms with E-state index in [0.717, 1.165) is 16.1 Å². The van der Waals surface area contributed by atoms with Crippen molar-refractivity contribution in [3.63, 3.8) is 0 Å². The second kappa shape index (κ2) is 7.56. The fourth-order valence-corrected chi connectivity index (χ4v) is 2.82. The van der Waals surface area contributed by atoms with Crippen LogP contribution >= 0.6 is 11.3 Å². The molecule has 122 valence electrons. The van der Waals surface area contributed by atoms with Crippen LogP contribution in [0, 0.1) is 0 Å². The molecular weight excluding hydrogens is 324 g/mol. The molecule has 3 aromatic rings. The molecule has 0 atom stereocenters. The molecule has 1 aromatic carbocycles. The van der Waals surface area contributed by atoms with E-state index in [4.69, 9.17) is 4.74 Å². The van der Waals surface area contributed by atoms with Gasteiger partial charge in [-0.1, -0.05) is 18.2 Å². The molecule has 6 nitrogen and oxygen atoms in total. The fourth-order valence-electron chi connectivity index (χ4n) is 2.19. The zero-order valence-corrected chi connectivity index (χ0v) is 13.8. The molecule has 0 saturated carbocycles. The second-order valence-electron chi connectivity index (χ2n) is 4.90. The van der Waals surface area contributed by atoms with Crippen LogP contribution in [0.3, 0.4) is 0 Å². The van der Waals surface area contributed by atoms with E-state index in [2.05, 4.69) is 20.6 Å². The van der Waals surface area contributed by atoms with Crippen LogP contribution in [0.15, 0.2) is 54.2 Å². The number of hydrogen-bond acceptors (Lipinski definition) is 5. The van der Waals surface area contributed by atoms with Crippen molar-refractivity contribution in [3.8, 4) is 16.5 Å². The molecule has 24 heavy (non-hydrogen) atoms. The van der Waals surface area contributed by atoms with Gasteiger partial charge >= 0.3 is 6.03 Å². The summed E-state index contributed by atoms with van der Waals surface area (Å²) >= 11 is 1.55. The number of aromatic nitrogens is 2. The minimum atomic E-state index is -0.294. The van der Waals surface area contributed by atoms with E-state index in [-0.39, 0.29) is 6.03 Å². The van der Waals surface area contributed by atoms with E-state index in [0.29, 0.717) is 18.1 Å². The molecule has 2 N–H and O–H groups in total. The molecule has 3 rings (SSSR count). The molecule has 2 aromatic heterocycles. The van der Waals surface area contributed by atoms with Crippen molar-refractivity contribution >= 4 is 23.1 Å². The number of anilines is 1. The molecule has 7 heteroatoms. The summed E-state index contributed by atoms with van der Waals surface area (Å²) in [5.74, 6) is 0.503. The monoisotopic (exact) mass is 340 g/mol. The van der Waals surface area contributed by atoms with E-state index in [1.807, 2.05) is 35.7 Å². The average Bonchev–Trinajstić information content (AvgIpc) is 3.15. The summed E-state index contributed by atoms with van der Waals surface area (Å²) < 4.78 is 5.16. The Kier molecular flexibility index (Phi) is 5.02. The summed E-state index contributed by atoms with van der Waals surface area (Å²) in [6.07, 6.45) is 3.40. The van der Waals surface area contributed by atoms with Crippen molar-refractivity contribution in [2.75, 3.05) is 12.4 Å². The van der Waals surface area contributed by atoms with Crippen LogP contribution in [0.4, 0.5) is 10.5 Å². The zero-order valence-electron chi connectivity index (χ0n) is 13.0. The lowest BCUT2D eigenvalue weighted by Crippen LogP contribution is -2.28. The summed E-state index contributed by atoms with van der Waals surface area (Å²) in [6.45, 7) is 0.328. The predicted octanol–water partition coefficient (Wildman–Crippen LogP) is 3.54. The van der Waals surface area contributed by atoms with Crippen molar-refractivity contribution in [2.24, 2.45) is 0 Å². The maximum Gasteiger partial charge on any atom is 0.319 e. The van der Waals surface area contributed by atoms with Gasteiger partial charge in [0.25, 0.3) is 0 Å². The number of nitrogens with one attached hydrogen (secondary N) is 2. The molecule has 0 unspecified atom stereocenters. The quantitative estimate of drug-likeness (QED) is 0.745. The van der Waals surface area contributed by atoms with Gasteiger partial charge < -0.3 is 15.4 Å². The molecule has 2 heterocycles. The standard InChI is InChI=1S/C17H16N4O2S/c1-23-15-13(5-3-7-18-15)11-20-17(22)21-14-6-2-4-12(10-14)16-19-8-9-24-16/h2-10H,11H2,1H3,(H2,20,21,22). The van der Waals surface area contributed by atoms with Gasteiger partial charge in [-0.2, -0.15) is 0 Å². The number of amides is 2. The Morgan fingerprint density at radius 3 is 2.92 bits per heavy atom. The molecule has 0 bridgehead atoms. The Hall–Kier alpha value is -2.93. The van der Waals surface area contributed by atoms with Crippen LogP contribution < -0.4 is 15.4 Å². The van der Waals surface area contributed by atoms with E-state index in [9.17, 15) is 4.79 Å². The van der Waals surface area contributed by atoms with Crippen molar-refractivity contribution in [3.05, 3.63) is 59.7 Å². The van der Waals surface area contributed by atoms with Crippen LogP contribution in [0.5, 0.6) is 5.88 Å². The largest absolute Gasteiger partial charge is 0.481 e. The summed E-state index contributed by atoms with van der Waals surface area (Å²) in [6, 6.07) is 10.9. The Bertz CT molecular complexity index is 821. The van der Waals surface area contributed by atoms with E-state index >= 15 is 0 Å². The number of methoxy groups -OCH3 is 1. The lowest BCUT2D eigenvalue weighted by atomic mass is 10.2. The number of nitrogens with zero attached hydrogens (tertiary/aromatic N) is 2. The number of carbonyl (C=O) groups excluding carboxylic acids is 1. The van der Waals surface area contributed by atoms with Gasteiger partial charge in [-0.25, -0.2) is 14.8 Å². The molecular formula is C17H16N4O2S. The first kappa shape index (κ1) is 15.9. The number of pyridine rings is 1. The van der Waals surface area contributed by atoms with Crippen LogP contribution in [0.1, 0.15) is 5.56 Å². The topological polar surface area (TPSA) is 76.1 Å². The van der Waals surface area contributed by atoms with Gasteiger partial charge in [0.1, 0.15) is 5.01 Å². The first-order valence-electron chi connectivity index (χ1n) is 7.29. The van der Waals surface area contributed by atoms with Gasteiger partial charge in [-0.05, 0) is 18.2 Å². The van der Waals surface area contributed by atoms with Gasteiger partial charge in [0.15, 0.2) is 0 Å². The van der Waals surface area contributed by atoms with E-state index in [1.54, 1.807) is 36.9 Å². The van der Waals surface area contributed by atoms with Crippen molar-refractivity contribution in [1.29, 1.82) is 0 Å². The zero-order chi connectivity index (χ0) is 16.8. The van der Waals surface area contributed by atoms with Gasteiger partial charge in [0.05, 0.1) is 7.11 Å². The summed E-state index contributed by atoms with van der Waals surface area (Å²) in [5.41, 5.74) is 2.49. The Labute approximate surface area is 143 Å². The maximum absolute atomic E-state index is 12.1. The highest BCUT2D eigenvalue weighted by molar-refractivity contribution is 7.13. The lowest BCUT2D eigenvalue weighted by molar-refractivity contribution is 0.251.